The molecule has 1 aromatic carbocycles. The molecule has 72 valence electrons. The van der Waals surface area contributed by atoms with Gasteiger partial charge in [-0.15, -0.1) is 0 Å². The van der Waals surface area contributed by atoms with Crippen molar-refractivity contribution >= 4 is 5.69 Å². The second kappa shape index (κ2) is 3.96. The Hall–Kier alpha value is -1.77. The third kappa shape index (κ3) is 2.13. The first kappa shape index (κ1) is 8.81. The van der Waals surface area contributed by atoms with Gasteiger partial charge in [-0.1, -0.05) is 12.1 Å². The van der Waals surface area contributed by atoms with Gasteiger partial charge in [0.2, 0.25) is 0 Å². The number of aromatic nitrogens is 1. The van der Waals surface area contributed by atoms with Gasteiger partial charge >= 0.3 is 0 Å². The topological polar surface area (TPSA) is 38.1 Å². The number of rotatable bonds is 3. The summed E-state index contributed by atoms with van der Waals surface area (Å²) >= 11 is 0. The molecule has 0 bridgehead atoms. The van der Waals surface area contributed by atoms with Crippen molar-refractivity contribution < 1.29 is 4.42 Å². The summed E-state index contributed by atoms with van der Waals surface area (Å²) in [4.78, 5) is 3.85. The summed E-state index contributed by atoms with van der Waals surface area (Å²) in [5, 5.41) is 3.25. The molecule has 0 atom stereocenters. The van der Waals surface area contributed by atoms with Gasteiger partial charge in [0.25, 0.3) is 0 Å². The van der Waals surface area contributed by atoms with E-state index in [1.807, 2.05) is 12.1 Å². The van der Waals surface area contributed by atoms with Gasteiger partial charge in [-0.05, 0) is 24.6 Å². The molecule has 1 aromatic heterocycles. The number of hydrogen-bond donors (Lipinski definition) is 1. The zero-order valence-corrected chi connectivity index (χ0v) is 8.03. The van der Waals surface area contributed by atoms with Crippen molar-refractivity contribution in [1.29, 1.82) is 0 Å². The van der Waals surface area contributed by atoms with Crippen molar-refractivity contribution in [3.8, 4) is 0 Å². The summed E-state index contributed by atoms with van der Waals surface area (Å²) in [5.74, 6) is 0.839. The van der Waals surface area contributed by atoms with Gasteiger partial charge in [0.1, 0.15) is 5.76 Å². The van der Waals surface area contributed by atoms with Gasteiger partial charge in [0.15, 0.2) is 6.39 Å². The summed E-state index contributed by atoms with van der Waals surface area (Å²) in [6.07, 6.45) is 3.15. The number of aryl methyl sites for hydroxylation is 1. The molecule has 1 N–H and O–H groups in total. The van der Waals surface area contributed by atoms with Crippen LogP contribution in [0.15, 0.2) is 41.3 Å². The van der Waals surface area contributed by atoms with Gasteiger partial charge in [0, 0.05) is 5.69 Å². The van der Waals surface area contributed by atoms with Crippen LogP contribution in [0.3, 0.4) is 0 Å². The van der Waals surface area contributed by atoms with Crippen molar-refractivity contribution in [2.75, 3.05) is 5.32 Å². The highest BCUT2D eigenvalue weighted by Gasteiger charge is 1.96. The molecule has 0 spiro atoms. The van der Waals surface area contributed by atoms with Gasteiger partial charge in [-0.3, -0.25) is 0 Å². The number of anilines is 1. The molecule has 0 radical (unpaired) electrons. The van der Waals surface area contributed by atoms with Gasteiger partial charge < -0.3 is 9.73 Å². The Balaban J connectivity index is 1.98. The van der Waals surface area contributed by atoms with Crippen LogP contribution in [0, 0.1) is 6.92 Å². The molecule has 2 aromatic rings. The SMILES string of the molecule is Cc1cccc(NCc2cnco2)c1. The Bertz CT molecular complexity index is 395. The molecule has 14 heavy (non-hydrogen) atoms. The third-order valence-electron chi connectivity index (χ3n) is 1.97. The minimum atomic E-state index is 0.670. The van der Waals surface area contributed by atoms with Crippen molar-refractivity contribution in [2.24, 2.45) is 0 Å². The number of benzene rings is 1. The average molecular weight is 188 g/mol. The van der Waals surface area contributed by atoms with Crippen LogP contribution in [-0.4, -0.2) is 4.98 Å². The number of nitrogens with zero attached hydrogens (tertiary/aromatic N) is 1. The van der Waals surface area contributed by atoms with Crippen LogP contribution < -0.4 is 5.32 Å². The maximum atomic E-state index is 5.11. The standard InChI is InChI=1S/C11H12N2O/c1-9-3-2-4-10(5-9)13-7-11-6-12-8-14-11/h2-6,8,13H,7H2,1H3. The van der Waals surface area contributed by atoms with Gasteiger partial charge in [0.05, 0.1) is 12.7 Å². The molecule has 3 nitrogen and oxygen atoms in total. The van der Waals surface area contributed by atoms with Crippen LogP contribution in [0.2, 0.25) is 0 Å². The molecule has 2 rings (SSSR count). The largest absolute Gasteiger partial charge is 0.447 e. The Morgan fingerprint density at radius 2 is 2.36 bits per heavy atom. The summed E-state index contributed by atoms with van der Waals surface area (Å²) in [7, 11) is 0. The van der Waals surface area contributed by atoms with E-state index in [1.54, 1.807) is 6.20 Å². The molecule has 0 amide bonds. The Kier molecular flexibility index (Phi) is 2.49. The predicted octanol–water partition coefficient (Wildman–Crippen LogP) is 2.60. The second-order valence-electron chi connectivity index (χ2n) is 3.19. The lowest BCUT2D eigenvalue weighted by Crippen LogP contribution is -1.97. The van der Waals surface area contributed by atoms with Crippen molar-refractivity contribution in [3.05, 3.63) is 48.2 Å². The predicted molar refractivity (Wildman–Crippen MR) is 55.0 cm³/mol. The fraction of sp³-hybridized carbons (Fsp3) is 0.182. The normalized spacial score (nSPS) is 10.1. The lowest BCUT2D eigenvalue weighted by atomic mass is 10.2. The van der Waals surface area contributed by atoms with E-state index in [0.717, 1.165) is 11.4 Å². The molecule has 0 fully saturated rings. The summed E-state index contributed by atoms with van der Waals surface area (Å²) in [6.45, 7) is 2.74. The van der Waals surface area contributed by atoms with E-state index < -0.39 is 0 Å². The van der Waals surface area contributed by atoms with E-state index >= 15 is 0 Å². The smallest absolute Gasteiger partial charge is 0.180 e. The van der Waals surface area contributed by atoms with Crippen LogP contribution >= 0.6 is 0 Å². The molecule has 0 saturated heterocycles. The van der Waals surface area contributed by atoms with Crippen LogP contribution in [0.25, 0.3) is 0 Å². The molecule has 0 unspecified atom stereocenters. The molecular formula is C11H12N2O. The fourth-order valence-corrected chi connectivity index (χ4v) is 1.27. The zero-order valence-electron chi connectivity index (χ0n) is 8.03. The Morgan fingerprint density at radius 1 is 1.43 bits per heavy atom. The molecule has 1 heterocycles. The zero-order chi connectivity index (χ0) is 9.80. The van der Waals surface area contributed by atoms with E-state index in [-0.39, 0.29) is 0 Å². The summed E-state index contributed by atoms with van der Waals surface area (Å²) < 4.78 is 5.11. The maximum absolute atomic E-state index is 5.11. The number of hydrogen-bond acceptors (Lipinski definition) is 3. The molecule has 3 heteroatoms. The lowest BCUT2D eigenvalue weighted by molar-refractivity contribution is 0.512. The lowest BCUT2D eigenvalue weighted by Gasteiger charge is -2.04. The fourth-order valence-electron chi connectivity index (χ4n) is 1.27. The van der Waals surface area contributed by atoms with E-state index in [0.29, 0.717) is 6.54 Å². The second-order valence-corrected chi connectivity index (χ2v) is 3.19. The van der Waals surface area contributed by atoms with Crippen molar-refractivity contribution in [3.63, 3.8) is 0 Å². The molecular weight excluding hydrogens is 176 g/mol. The maximum Gasteiger partial charge on any atom is 0.180 e. The number of nitrogens with one attached hydrogen (secondary N) is 1. The van der Waals surface area contributed by atoms with Crippen molar-refractivity contribution in [1.82, 2.24) is 4.98 Å². The van der Waals surface area contributed by atoms with E-state index in [4.69, 9.17) is 4.42 Å². The molecule has 0 saturated carbocycles. The highest BCUT2D eigenvalue weighted by molar-refractivity contribution is 5.45. The highest BCUT2D eigenvalue weighted by Crippen LogP contribution is 2.10. The quantitative estimate of drug-likeness (QED) is 0.804. The number of oxazole rings is 1. The molecule has 0 aliphatic carbocycles. The van der Waals surface area contributed by atoms with Crippen LogP contribution in [0.4, 0.5) is 5.69 Å². The van der Waals surface area contributed by atoms with Gasteiger partial charge in [-0.2, -0.15) is 0 Å². The highest BCUT2D eigenvalue weighted by atomic mass is 16.3. The van der Waals surface area contributed by atoms with Crippen molar-refractivity contribution in [2.45, 2.75) is 13.5 Å². The Labute approximate surface area is 82.8 Å². The van der Waals surface area contributed by atoms with Gasteiger partial charge in [-0.25, -0.2) is 4.98 Å². The Morgan fingerprint density at radius 3 is 3.07 bits per heavy atom. The monoisotopic (exact) mass is 188 g/mol. The average Bonchev–Trinajstić information content (AvgIpc) is 2.67. The first-order valence-electron chi connectivity index (χ1n) is 4.52. The van der Waals surface area contributed by atoms with E-state index in [1.165, 1.54) is 12.0 Å². The summed E-state index contributed by atoms with van der Waals surface area (Å²) in [6, 6.07) is 8.22. The molecule has 0 aliphatic rings. The minimum Gasteiger partial charge on any atom is -0.447 e. The van der Waals surface area contributed by atoms with Crippen LogP contribution in [0.1, 0.15) is 11.3 Å². The first-order valence-corrected chi connectivity index (χ1v) is 4.52. The van der Waals surface area contributed by atoms with E-state index in [9.17, 15) is 0 Å². The van der Waals surface area contributed by atoms with Crippen LogP contribution in [0.5, 0.6) is 0 Å². The van der Waals surface area contributed by atoms with E-state index in [2.05, 4.69) is 29.4 Å². The minimum absolute atomic E-state index is 0.670. The first-order chi connectivity index (χ1) is 6.84. The third-order valence-corrected chi connectivity index (χ3v) is 1.97. The van der Waals surface area contributed by atoms with Crippen LogP contribution in [-0.2, 0) is 6.54 Å². The molecule has 0 aliphatic heterocycles. The summed E-state index contributed by atoms with van der Waals surface area (Å²) in [5.41, 5.74) is 2.34.